The Morgan fingerprint density at radius 2 is 1.30 bits per heavy atom. The predicted octanol–water partition coefficient (Wildman–Crippen LogP) is 7.32. The van der Waals surface area contributed by atoms with Gasteiger partial charge in [0.2, 0.25) is 0 Å². The summed E-state index contributed by atoms with van der Waals surface area (Å²) in [5.41, 5.74) is 0. The molecule has 1 saturated carbocycles. The fraction of sp³-hybridized carbons (Fsp3) is 0.387. The zero-order chi connectivity index (χ0) is 31.6. The molecule has 1 aliphatic carbocycles. The van der Waals surface area contributed by atoms with Crippen LogP contribution in [0.1, 0.15) is 32.6 Å². The van der Waals surface area contributed by atoms with E-state index >= 15 is 17.6 Å². The zero-order valence-electron chi connectivity index (χ0n) is 23.7. The molecule has 5 rings (SSSR count). The van der Waals surface area contributed by atoms with Crippen LogP contribution in [0.25, 0.3) is 0 Å². The van der Waals surface area contributed by atoms with Crippen LogP contribution >= 0.6 is 10.3 Å². The van der Waals surface area contributed by atoms with Crippen molar-refractivity contribution in [2.75, 3.05) is 13.2 Å². The second-order valence-corrected chi connectivity index (χ2v) is 15.0. The first-order valence-corrected chi connectivity index (χ1v) is 17.0. The van der Waals surface area contributed by atoms with Gasteiger partial charge in [0.25, 0.3) is 0 Å². The van der Waals surface area contributed by atoms with Gasteiger partial charge in [0, 0.05) is 27.5 Å². The van der Waals surface area contributed by atoms with Crippen LogP contribution in [-0.2, 0) is 32.8 Å². The van der Waals surface area contributed by atoms with Gasteiger partial charge < -0.3 is 14.2 Å². The first-order chi connectivity index (χ1) is 20.9. The van der Waals surface area contributed by atoms with Crippen molar-refractivity contribution in [3.05, 3.63) is 91.0 Å². The Labute approximate surface area is 255 Å². The normalized spacial score (nSPS) is 23.4. The average Bonchev–Trinajstić information content (AvgIpc) is 3.45. The van der Waals surface area contributed by atoms with Crippen LogP contribution in [0.15, 0.2) is 106 Å². The van der Waals surface area contributed by atoms with Crippen LogP contribution in [-0.4, -0.2) is 50.7 Å². The minimum atomic E-state index is -6.37. The topological polar surface area (TPSA) is 88.1 Å². The maximum Gasteiger partial charge on any atom is 0.435 e. The highest BCUT2D eigenvalue weighted by Gasteiger charge is 2.73. The summed E-state index contributed by atoms with van der Waals surface area (Å²) in [7, 11) is -9.89. The number of carbonyl (C=O) groups is 1. The highest BCUT2D eigenvalue weighted by Crippen LogP contribution is 2.71. The maximum atomic E-state index is 15.9. The van der Waals surface area contributed by atoms with Crippen molar-refractivity contribution in [1.82, 2.24) is 0 Å². The molecule has 13 heteroatoms. The summed E-state index contributed by atoms with van der Waals surface area (Å²) in [5.74, 6) is -7.85. The monoisotopic (exact) mass is 656 g/mol. The Morgan fingerprint density at radius 3 is 1.73 bits per heavy atom. The van der Waals surface area contributed by atoms with Gasteiger partial charge in [-0.05, 0) is 66.5 Å². The van der Waals surface area contributed by atoms with Crippen molar-refractivity contribution in [2.45, 2.75) is 70.4 Å². The van der Waals surface area contributed by atoms with Gasteiger partial charge in [-0.25, -0.2) is 3.63 Å². The van der Waals surface area contributed by atoms with E-state index in [1.807, 2.05) is 0 Å². The SMILES string of the molecule is CCOC(=O)C1CCC2(CC1)OCC(C(F)(F)C(F)(F)S(=O)(=O)OS(c1ccccc1)(c1ccccc1)c1ccccc1)O2. The number of rotatable bonds is 10. The first-order valence-electron chi connectivity index (χ1n) is 14.1. The van der Waals surface area contributed by atoms with Gasteiger partial charge in [0.15, 0.2) is 11.9 Å². The second-order valence-electron chi connectivity index (χ2n) is 10.5. The third-order valence-corrected chi connectivity index (χ3v) is 13.0. The van der Waals surface area contributed by atoms with Crippen molar-refractivity contribution >= 4 is 26.4 Å². The summed E-state index contributed by atoms with van der Waals surface area (Å²) in [6, 6.07) is 23.4. The Bertz CT molecular complexity index is 1440. The molecule has 3 aromatic rings. The highest BCUT2D eigenvalue weighted by atomic mass is 32.3. The molecule has 1 atom stereocenters. The number of halogens is 4. The molecule has 1 unspecified atom stereocenters. The fourth-order valence-electron chi connectivity index (χ4n) is 5.44. The number of benzene rings is 3. The van der Waals surface area contributed by atoms with Crippen LogP contribution < -0.4 is 0 Å². The number of hydrogen-bond donors (Lipinski definition) is 0. The molecule has 1 aliphatic heterocycles. The summed E-state index contributed by atoms with van der Waals surface area (Å²) in [6.45, 7) is 0.854. The second kappa shape index (κ2) is 12.4. The molecule has 1 saturated heterocycles. The van der Waals surface area contributed by atoms with Crippen molar-refractivity contribution in [2.24, 2.45) is 5.92 Å². The Balaban J connectivity index is 1.48. The average molecular weight is 657 g/mol. The number of alkyl halides is 4. The Morgan fingerprint density at radius 1 is 0.841 bits per heavy atom. The van der Waals surface area contributed by atoms with Crippen LogP contribution in [0.5, 0.6) is 0 Å². The maximum absolute atomic E-state index is 15.9. The minimum absolute atomic E-state index is 0.0266. The predicted molar refractivity (Wildman–Crippen MR) is 154 cm³/mol. The molecule has 0 bridgehead atoms. The van der Waals surface area contributed by atoms with E-state index in [0.717, 1.165) is 0 Å². The van der Waals surface area contributed by atoms with Crippen molar-refractivity contribution in [1.29, 1.82) is 0 Å². The third kappa shape index (κ3) is 5.76. The molecule has 44 heavy (non-hydrogen) atoms. The number of esters is 1. The van der Waals surface area contributed by atoms with E-state index in [1.165, 1.54) is 36.4 Å². The Hall–Kier alpha value is -2.97. The quantitative estimate of drug-likeness (QED) is 0.167. The fourth-order valence-corrected chi connectivity index (χ4v) is 10.7. The molecule has 2 fully saturated rings. The lowest BCUT2D eigenvalue weighted by Gasteiger charge is -2.41. The molecule has 1 heterocycles. The van der Waals surface area contributed by atoms with E-state index in [2.05, 4.69) is 0 Å². The number of ether oxygens (including phenoxy) is 3. The van der Waals surface area contributed by atoms with E-state index in [0.29, 0.717) is 0 Å². The van der Waals surface area contributed by atoms with Crippen LogP contribution in [0.4, 0.5) is 17.6 Å². The molecule has 0 radical (unpaired) electrons. The molecule has 238 valence electrons. The summed E-state index contributed by atoms with van der Waals surface area (Å²) in [5, 5.41) is -5.72. The van der Waals surface area contributed by atoms with Crippen LogP contribution in [0.3, 0.4) is 0 Å². The summed E-state index contributed by atoms with van der Waals surface area (Å²) >= 11 is 0. The summed E-state index contributed by atoms with van der Waals surface area (Å²) < 4.78 is 112. The smallest absolute Gasteiger partial charge is 0.435 e. The standard InChI is InChI=1S/C31H32F4O7S2/c1-2-39-28(36)23-18-20-29(21-19-23)40-22-27(41-29)30(32,33)31(34,35)44(37,38)42-43(24-12-6-3-7-13-24,25-14-8-4-9-15-25)26-16-10-5-11-17-26/h3-17,23,27H,2,18-22H2,1H3. The summed E-state index contributed by atoms with van der Waals surface area (Å²) in [6.07, 6.45) is -2.30. The van der Waals surface area contributed by atoms with Gasteiger partial charge in [-0.3, -0.25) is 4.79 Å². The summed E-state index contributed by atoms with van der Waals surface area (Å²) in [4.78, 5) is 12.7. The molecule has 7 nitrogen and oxygen atoms in total. The van der Waals surface area contributed by atoms with Gasteiger partial charge in [-0.1, -0.05) is 54.6 Å². The van der Waals surface area contributed by atoms with E-state index < -0.39 is 62.0 Å². The molecule has 1 spiro atoms. The lowest BCUT2D eigenvalue weighted by Crippen LogP contribution is -2.56. The van der Waals surface area contributed by atoms with E-state index in [-0.39, 0.29) is 47.0 Å². The lowest BCUT2D eigenvalue weighted by atomic mass is 9.85. The van der Waals surface area contributed by atoms with Crippen molar-refractivity contribution in [3.63, 3.8) is 0 Å². The van der Waals surface area contributed by atoms with Crippen LogP contribution in [0, 0.1) is 5.92 Å². The van der Waals surface area contributed by atoms with E-state index in [4.69, 9.17) is 17.8 Å². The first kappa shape index (κ1) is 32.4. The molecule has 3 aromatic carbocycles. The number of hydrogen-bond acceptors (Lipinski definition) is 7. The van der Waals surface area contributed by atoms with Gasteiger partial charge in [0.05, 0.1) is 19.1 Å². The molecular formula is C31H32F4O7S2. The minimum Gasteiger partial charge on any atom is -0.466 e. The van der Waals surface area contributed by atoms with Crippen LogP contribution in [0.2, 0.25) is 0 Å². The lowest BCUT2D eigenvalue weighted by molar-refractivity contribution is -0.253. The third-order valence-electron chi connectivity index (χ3n) is 7.75. The Kier molecular flexibility index (Phi) is 9.16. The van der Waals surface area contributed by atoms with Crippen molar-refractivity contribution in [3.8, 4) is 0 Å². The van der Waals surface area contributed by atoms with E-state index in [1.54, 1.807) is 61.5 Å². The largest absolute Gasteiger partial charge is 0.466 e. The van der Waals surface area contributed by atoms with Gasteiger partial charge in [0.1, 0.15) is 0 Å². The van der Waals surface area contributed by atoms with Gasteiger partial charge in [-0.2, -0.15) is 26.0 Å². The molecular weight excluding hydrogens is 624 g/mol. The van der Waals surface area contributed by atoms with Gasteiger partial charge in [-0.15, -0.1) is 0 Å². The zero-order valence-corrected chi connectivity index (χ0v) is 25.4. The van der Waals surface area contributed by atoms with Gasteiger partial charge >= 0.3 is 27.3 Å². The molecule has 2 aliphatic rings. The van der Waals surface area contributed by atoms with E-state index in [9.17, 15) is 13.2 Å². The molecule has 0 N–H and O–H groups in total. The number of carbonyl (C=O) groups excluding carboxylic acids is 1. The molecule has 0 aromatic heterocycles. The highest BCUT2D eigenvalue weighted by molar-refractivity contribution is 8.33. The van der Waals surface area contributed by atoms with Crippen molar-refractivity contribution < 1.29 is 48.6 Å². The molecule has 0 amide bonds.